The highest BCUT2D eigenvalue weighted by Crippen LogP contribution is 2.13. The van der Waals surface area contributed by atoms with Gasteiger partial charge in [0.05, 0.1) is 0 Å². The molecule has 4 heteroatoms. The zero-order valence-electron chi connectivity index (χ0n) is 15.5. The largest absolute Gasteiger partial charge is 0.307 e. The van der Waals surface area contributed by atoms with Crippen molar-refractivity contribution < 1.29 is 0 Å². The molecule has 0 fully saturated rings. The van der Waals surface area contributed by atoms with Gasteiger partial charge in [-0.15, -0.1) is 0 Å². The van der Waals surface area contributed by atoms with Gasteiger partial charge in [-0.1, -0.05) is 88.1 Å². The number of H-pyrrole nitrogens is 1. The predicted molar refractivity (Wildman–Crippen MR) is 108 cm³/mol. The molecule has 0 saturated carbocycles. The summed E-state index contributed by atoms with van der Waals surface area (Å²) in [5.74, 6) is 0. The molecule has 0 radical (unpaired) electrons. The fourth-order valence-corrected chi connectivity index (χ4v) is 3.47. The van der Waals surface area contributed by atoms with E-state index >= 15 is 0 Å². The zero-order chi connectivity index (χ0) is 17.6. The van der Waals surface area contributed by atoms with Gasteiger partial charge < -0.3 is 4.57 Å². The quantitative estimate of drug-likeness (QED) is 0.309. The molecule has 25 heavy (non-hydrogen) atoms. The van der Waals surface area contributed by atoms with Crippen LogP contribution in [-0.2, 0) is 13.0 Å². The molecule has 1 aromatic heterocycles. The molecule has 0 spiro atoms. The molecule has 3 nitrogen and oxygen atoms in total. The number of rotatable bonds is 14. The van der Waals surface area contributed by atoms with E-state index in [4.69, 9.17) is 12.2 Å². The van der Waals surface area contributed by atoms with Gasteiger partial charge >= 0.3 is 0 Å². The second-order valence-electron chi connectivity index (χ2n) is 6.98. The number of benzene rings is 1. The second-order valence-corrected chi connectivity index (χ2v) is 7.37. The molecule has 138 valence electrons. The lowest BCUT2D eigenvalue weighted by Gasteiger charge is -2.04. The Hall–Kier alpha value is -1.42. The Morgan fingerprint density at radius 2 is 1.32 bits per heavy atom. The van der Waals surface area contributed by atoms with Gasteiger partial charge in [0.25, 0.3) is 0 Å². The van der Waals surface area contributed by atoms with E-state index in [2.05, 4.69) is 40.5 Å². The Kier molecular flexibility index (Phi) is 10.2. The minimum atomic E-state index is 0.740. The molecular weight excluding hydrogens is 326 g/mol. The van der Waals surface area contributed by atoms with E-state index < -0.39 is 0 Å². The minimum Gasteiger partial charge on any atom is -0.307 e. The van der Waals surface area contributed by atoms with Crippen LogP contribution in [0.25, 0.3) is 0 Å². The highest BCUT2D eigenvalue weighted by molar-refractivity contribution is 7.71. The summed E-state index contributed by atoms with van der Waals surface area (Å²) in [6, 6.07) is 10.9. The van der Waals surface area contributed by atoms with Gasteiger partial charge in [0.1, 0.15) is 6.33 Å². The monoisotopic (exact) mass is 359 g/mol. The van der Waals surface area contributed by atoms with E-state index in [1.54, 1.807) is 6.33 Å². The van der Waals surface area contributed by atoms with Crippen LogP contribution in [-0.4, -0.2) is 14.8 Å². The number of aromatic nitrogens is 3. The first-order valence-electron chi connectivity index (χ1n) is 10.00. The van der Waals surface area contributed by atoms with Crippen LogP contribution >= 0.6 is 12.2 Å². The van der Waals surface area contributed by atoms with E-state index in [1.807, 2.05) is 4.57 Å². The van der Waals surface area contributed by atoms with Crippen LogP contribution in [0.4, 0.5) is 0 Å². The molecule has 1 heterocycles. The lowest BCUT2D eigenvalue weighted by Crippen LogP contribution is -1.96. The summed E-state index contributed by atoms with van der Waals surface area (Å²) in [7, 11) is 0. The summed E-state index contributed by atoms with van der Waals surface area (Å²) in [5.41, 5.74) is 1.48. The van der Waals surface area contributed by atoms with Crippen LogP contribution in [0.2, 0.25) is 0 Å². The predicted octanol–water partition coefficient (Wildman–Crippen LogP) is 6.47. The number of unbranched alkanes of at least 4 members (excludes halogenated alkanes) is 10. The molecule has 0 saturated heterocycles. The Balaban J connectivity index is 1.31. The first-order chi connectivity index (χ1) is 12.4. The first-order valence-corrected chi connectivity index (χ1v) is 10.4. The van der Waals surface area contributed by atoms with E-state index in [0.717, 1.165) is 11.3 Å². The number of hydrogen-bond acceptors (Lipinski definition) is 2. The van der Waals surface area contributed by atoms with Gasteiger partial charge in [-0.25, -0.2) is 0 Å². The smallest absolute Gasteiger partial charge is 0.194 e. The highest BCUT2D eigenvalue weighted by atomic mass is 32.1. The number of nitrogens with zero attached hydrogens (tertiary/aromatic N) is 2. The van der Waals surface area contributed by atoms with E-state index in [-0.39, 0.29) is 0 Å². The third-order valence-electron chi connectivity index (χ3n) is 4.83. The number of aromatic amines is 1. The molecule has 0 atom stereocenters. The van der Waals surface area contributed by atoms with Gasteiger partial charge in [0.2, 0.25) is 0 Å². The van der Waals surface area contributed by atoms with Crippen molar-refractivity contribution in [3.05, 3.63) is 47.0 Å². The van der Waals surface area contributed by atoms with Crippen LogP contribution < -0.4 is 0 Å². The molecule has 0 amide bonds. The SMILES string of the molecule is S=c1[nH]ncn1CCCCCCCCCCCCCc1ccccc1. The van der Waals surface area contributed by atoms with Crippen molar-refractivity contribution in [2.45, 2.75) is 83.6 Å². The molecule has 0 unspecified atom stereocenters. The van der Waals surface area contributed by atoms with Crippen LogP contribution in [0, 0.1) is 4.77 Å². The average Bonchev–Trinajstić information content (AvgIpc) is 3.05. The fourth-order valence-electron chi connectivity index (χ4n) is 3.28. The lowest BCUT2D eigenvalue weighted by atomic mass is 10.0. The van der Waals surface area contributed by atoms with Gasteiger partial charge in [0.15, 0.2) is 4.77 Å². The van der Waals surface area contributed by atoms with Crippen molar-refractivity contribution >= 4 is 12.2 Å². The third kappa shape index (κ3) is 9.01. The number of nitrogens with one attached hydrogen (secondary N) is 1. The van der Waals surface area contributed by atoms with Crippen molar-refractivity contribution in [2.24, 2.45) is 0 Å². The van der Waals surface area contributed by atoms with E-state index in [0.29, 0.717) is 0 Å². The first kappa shape index (κ1) is 19.9. The summed E-state index contributed by atoms with van der Waals surface area (Å²) in [6.07, 6.45) is 18.0. The summed E-state index contributed by atoms with van der Waals surface area (Å²) in [5, 5.41) is 6.74. The molecule has 0 aliphatic carbocycles. The van der Waals surface area contributed by atoms with Crippen molar-refractivity contribution in [3.8, 4) is 0 Å². The van der Waals surface area contributed by atoms with Crippen molar-refractivity contribution in [1.82, 2.24) is 14.8 Å². The Labute approximate surface area is 157 Å². The van der Waals surface area contributed by atoms with Crippen LogP contribution in [0.3, 0.4) is 0 Å². The van der Waals surface area contributed by atoms with Gasteiger partial charge in [0, 0.05) is 6.54 Å². The maximum Gasteiger partial charge on any atom is 0.194 e. The lowest BCUT2D eigenvalue weighted by molar-refractivity contribution is 0.528. The summed E-state index contributed by atoms with van der Waals surface area (Å²) < 4.78 is 2.76. The highest BCUT2D eigenvalue weighted by Gasteiger charge is 1.96. The van der Waals surface area contributed by atoms with Crippen LogP contribution in [0.15, 0.2) is 36.7 Å². The van der Waals surface area contributed by atoms with Crippen molar-refractivity contribution in [2.75, 3.05) is 0 Å². The van der Waals surface area contributed by atoms with Crippen LogP contribution in [0.5, 0.6) is 0 Å². The Morgan fingerprint density at radius 3 is 1.88 bits per heavy atom. The number of hydrogen-bond donors (Lipinski definition) is 1. The van der Waals surface area contributed by atoms with Gasteiger partial charge in [-0.2, -0.15) is 5.10 Å². The summed E-state index contributed by atoms with van der Waals surface area (Å²) >= 11 is 5.14. The average molecular weight is 360 g/mol. The fraction of sp³-hybridized carbons (Fsp3) is 0.619. The molecule has 1 aromatic carbocycles. The normalized spacial score (nSPS) is 11.0. The van der Waals surface area contributed by atoms with Gasteiger partial charge in [-0.05, 0) is 37.0 Å². The molecule has 0 bridgehead atoms. The molecule has 0 aliphatic rings. The maximum atomic E-state index is 5.14. The van der Waals surface area contributed by atoms with Crippen molar-refractivity contribution in [3.63, 3.8) is 0 Å². The second kappa shape index (κ2) is 12.9. The molecular formula is C21H33N3S. The molecule has 0 aliphatic heterocycles. The number of aryl methyl sites for hydroxylation is 2. The van der Waals surface area contributed by atoms with Gasteiger partial charge in [-0.3, -0.25) is 5.10 Å². The van der Waals surface area contributed by atoms with E-state index in [9.17, 15) is 0 Å². The topological polar surface area (TPSA) is 33.6 Å². The standard InChI is InChI=1S/C21H33N3S/c25-21-23-22-19-24(21)18-14-9-7-5-3-1-2-4-6-8-11-15-20-16-12-10-13-17-20/h10,12-13,16-17,19H,1-9,11,14-15,18H2,(H,23,25). The molecule has 2 rings (SSSR count). The van der Waals surface area contributed by atoms with Crippen molar-refractivity contribution in [1.29, 1.82) is 0 Å². The summed E-state index contributed by atoms with van der Waals surface area (Å²) in [6.45, 7) is 0.998. The summed E-state index contributed by atoms with van der Waals surface area (Å²) in [4.78, 5) is 0. The maximum absolute atomic E-state index is 5.14. The third-order valence-corrected chi connectivity index (χ3v) is 5.15. The zero-order valence-corrected chi connectivity index (χ0v) is 16.3. The Morgan fingerprint density at radius 1 is 0.760 bits per heavy atom. The molecule has 1 N–H and O–H groups in total. The Bertz CT molecular complexity index is 603. The molecule has 2 aromatic rings. The minimum absolute atomic E-state index is 0.740. The van der Waals surface area contributed by atoms with E-state index in [1.165, 1.54) is 82.6 Å². The van der Waals surface area contributed by atoms with Crippen LogP contribution in [0.1, 0.15) is 76.2 Å².